The van der Waals surface area contributed by atoms with Gasteiger partial charge in [-0.2, -0.15) is 0 Å². The standard InChI is InChI=1S/C26H30N4O2/c1-19-15-29(17-21-9-11-22(12-10-21)26(31)28-32)16-20(2)30(19)18-24-6-3-4-8-25(24)23-7-5-13-27-14-23/h3-14,19-20,32H,15-18H2,1-2H3,(H,28,31)/t19-,20+. The summed E-state index contributed by atoms with van der Waals surface area (Å²) in [5, 5.41) is 8.77. The van der Waals surface area contributed by atoms with E-state index in [9.17, 15) is 4.79 Å². The van der Waals surface area contributed by atoms with Crippen LogP contribution < -0.4 is 5.48 Å². The summed E-state index contributed by atoms with van der Waals surface area (Å²) in [5.41, 5.74) is 7.01. The Hall–Kier alpha value is -3.06. The first-order valence-electron chi connectivity index (χ1n) is 11.0. The zero-order chi connectivity index (χ0) is 22.5. The van der Waals surface area contributed by atoms with E-state index >= 15 is 0 Å². The maximum atomic E-state index is 11.5. The van der Waals surface area contributed by atoms with Crippen molar-refractivity contribution in [2.75, 3.05) is 13.1 Å². The van der Waals surface area contributed by atoms with Crippen molar-refractivity contribution in [1.82, 2.24) is 20.3 Å². The maximum Gasteiger partial charge on any atom is 0.274 e. The predicted molar refractivity (Wildman–Crippen MR) is 125 cm³/mol. The van der Waals surface area contributed by atoms with Crippen LogP contribution >= 0.6 is 0 Å². The SMILES string of the molecule is C[C@@H]1CN(Cc2ccc(C(=O)NO)cc2)C[C@H](C)N1Cc1ccccc1-c1cccnc1. The summed E-state index contributed by atoms with van der Waals surface area (Å²) in [7, 11) is 0. The van der Waals surface area contributed by atoms with Gasteiger partial charge in [0.15, 0.2) is 0 Å². The number of carbonyl (C=O) groups excluding carboxylic acids is 1. The lowest BCUT2D eigenvalue weighted by Gasteiger charge is -2.44. The van der Waals surface area contributed by atoms with Gasteiger partial charge in [-0.25, -0.2) is 5.48 Å². The van der Waals surface area contributed by atoms with E-state index < -0.39 is 5.91 Å². The van der Waals surface area contributed by atoms with E-state index in [1.54, 1.807) is 17.6 Å². The van der Waals surface area contributed by atoms with Crippen LogP contribution in [0.15, 0.2) is 73.1 Å². The fraction of sp³-hybridized carbons (Fsp3) is 0.308. The molecule has 0 radical (unpaired) electrons. The van der Waals surface area contributed by atoms with Crippen LogP contribution in [-0.2, 0) is 13.1 Å². The van der Waals surface area contributed by atoms with Crippen molar-refractivity contribution in [2.24, 2.45) is 0 Å². The number of hydroxylamine groups is 1. The summed E-state index contributed by atoms with van der Waals surface area (Å²) in [6.45, 7) is 8.31. The first-order valence-corrected chi connectivity index (χ1v) is 11.0. The number of hydrogen-bond donors (Lipinski definition) is 2. The molecule has 166 valence electrons. The van der Waals surface area contributed by atoms with Gasteiger partial charge in [0.2, 0.25) is 0 Å². The molecular weight excluding hydrogens is 400 g/mol. The Labute approximate surface area is 189 Å². The van der Waals surface area contributed by atoms with E-state index in [1.807, 2.05) is 30.6 Å². The van der Waals surface area contributed by atoms with E-state index in [-0.39, 0.29) is 0 Å². The molecule has 0 saturated carbocycles. The molecule has 0 bridgehead atoms. The molecule has 2 N–H and O–H groups in total. The lowest BCUT2D eigenvalue weighted by atomic mass is 9.98. The van der Waals surface area contributed by atoms with Gasteiger partial charge in [0.05, 0.1) is 0 Å². The van der Waals surface area contributed by atoms with Crippen LogP contribution in [0.5, 0.6) is 0 Å². The monoisotopic (exact) mass is 430 g/mol. The molecule has 1 fully saturated rings. The van der Waals surface area contributed by atoms with Crippen LogP contribution in [-0.4, -0.2) is 51.1 Å². The van der Waals surface area contributed by atoms with Crippen molar-refractivity contribution < 1.29 is 10.0 Å². The molecule has 1 amide bonds. The van der Waals surface area contributed by atoms with Gasteiger partial charge in [-0.15, -0.1) is 0 Å². The Morgan fingerprint density at radius 1 is 1.00 bits per heavy atom. The normalized spacial score (nSPS) is 19.6. The van der Waals surface area contributed by atoms with Gasteiger partial charge in [0.25, 0.3) is 5.91 Å². The van der Waals surface area contributed by atoms with E-state index in [0.29, 0.717) is 17.6 Å². The number of aromatic nitrogens is 1. The largest absolute Gasteiger partial charge is 0.296 e. The zero-order valence-electron chi connectivity index (χ0n) is 18.6. The maximum absolute atomic E-state index is 11.5. The lowest BCUT2D eigenvalue weighted by Crippen LogP contribution is -2.55. The van der Waals surface area contributed by atoms with Crippen LogP contribution in [0.25, 0.3) is 11.1 Å². The second-order valence-corrected chi connectivity index (χ2v) is 8.60. The van der Waals surface area contributed by atoms with Crippen molar-refractivity contribution in [3.63, 3.8) is 0 Å². The number of rotatable bonds is 6. The Kier molecular flexibility index (Phi) is 6.95. The van der Waals surface area contributed by atoms with Gasteiger partial charge in [0, 0.05) is 61.8 Å². The molecule has 6 heteroatoms. The lowest BCUT2D eigenvalue weighted by molar-refractivity contribution is 0.0291. The average molecular weight is 431 g/mol. The van der Waals surface area contributed by atoms with E-state index in [0.717, 1.165) is 37.3 Å². The Balaban J connectivity index is 1.43. The summed E-state index contributed by atoms with van der Waals surface area (Å²) in [5.74, 6) is -0.487. The van der Waals surface area contributed by atoms with Crippen LogP contribution in [0.2, 0.25) is 0 Å². The number of piperazine rings is 1. The van der Waals surface area contributed by atoms with Crippen LogP contribution in [0, 0.1) is 0 Å². The van der Waals surface area contributed by atoms with Crippen molar-refractivity contribution in [1.29, 1.82) is 0 Å². The van der Waals surface area contributed by atoms with E-state index in [2.05, 4.69) is 59.0 Å². The van der Waals surface area contributed by atoms with Crippen molar-refractivity contribution in [2.45, 2.75) is 39.0 Å². The molecule has 0 unspecified atom stereocenters. The van der Waals surface area contributed by atoms with Crippen LogP contribution in [0.4, 0.5) is 0 Å². The number of nitrogens with zero attached hydrogens (tertiary/aromatic N) is 3. The fourth-order valence-electron chi connectivity index (χ4n) is 4.65. The molecule has 4 rings (SSSR count). The second kappa shape index (κ2) is 10.0. The first-order chi connectivity index (χ1) is 15.5. The number of benzene rings is 2. The molecule has 3 aromatic rings. The van der Waals surface area contributed by atoms with Crippen molar-refractivity contribution >= 4 is 5.91 Å². The summed E-state index contributed by atoms with van der Waals surface area (Å²) in [6, 6.07) is 20.9. The van der Waals surface area contributed by atoms with Crippen LogP contribution in [0.1, 0.15) is 35.3 Å². The van der Waals surface area contributed by atoms with E-state index in [1.165, 1.54) is 11.1 Å². The minimum absolute atomic E-state index is 0.417. The van der Waals surface area contributed by atoms with Crippen molar-refractivity contribution in [3.8, 4) is 11.1 Å². The summed E-state index contributed by atoms with van der Waals surface area (Å²) in [4.78, 5) is 20.9. The highest BCUT2D eigenvalue weighted by Crippen LogP contribution is 2.27. The van der Waals surface area contributed by atoms with Gasteiger partial charge in [-0.1, -0.05) is 42.5 Å². The quantitative estimate of drug-likeness (QED) is 0.458. The Morgan fingerprint density at radius 3 is 2.38 bits per heavy atom. The van der Waals surface area contributed by atoms with E-state index in [4.69, 9.17) is 5.21 Å². The number of hydrogen-bond acceptors (Lipinski definition) is 5. The smallest absolute Gasteiger partial charge is 0.274 e. The van der Waals surface area contributed by atoms with Gasteiger partial charge in [-0.3, -0.25) is 24.8 Å². The molecule has 1 aliphatic heterocycles. The minimum Gasteiger partial charge on any atom is -0.296 e. The van der Waals surface area contributed by atoms with Crippen LogP contribution in [0.3, 0.4) is 0 Å². The predicted octanol–water partition coefficient (Wildman–Crippen LogP) is 3.96. The molecule has 1 aromatic heterocycles. The molecule has 0 aliphatic carbocycles. The molecular formula is C26H30N4O2. The molecule has 2 atom stereocenters. The van der Waals surface area contributed by atoms with Gasteiger partial charge < -0.3 is 0 Å². The van der Waals surface area contributed by atoms with Gasteiger partial charge in [-0.05, 0) is 48.7 Å². The Morgan fingerprint density at radius 2 is 1.72 bits per heavy atom. The molecule has 2 aromatic carbocycles. The minimum atomic E-state index is -0.487. The number of amides is 1. The third-order valence-corrected chi connectivity index (χ3v) is 6.24. The topological polar surface area (TPSA) is 68.7 Å². The molecule has 1 saturated heterocycles. The van der Waals surface area contributed by atoms with Crippen molar-refractivity contribution in [3.05, 3.63) is 89.7 Å². The Bertz CT molecular complexity index is 1030. The number of carbonyl (C=O) groups is 1. The highest BCUT2D eigenvalue weighted by molar-refractivity contribution is 5.93. The summed E-state index contributed by atoms with van der Waals surface area (Å²) in [6.07, 6.45) is 3.74. The molecule has 6 nitrogen and oxygen atoms in total. The number of nitrogens with one attached hydrogen (secondary N) is 1. The van der Waals surface area contributed by atoms with Gasteiger partial charge in [0.1, 0.15) is 0 Å². The summed E-state index contributed by atoms with van der Waals surface area (Å²) >= 11 is 0. The average Bonchev–Trinajstić information content (AvgIpc) is 2.82. The first kappa shape index (κ1) is 22.1. The molecule has 2 heterocycles. The zero-order valence-corrected chi connectivity index (χ0v) is 18.6. The molecule has 0 spiro atoms. The van der Waals surface area contributed by atoms with Gasteiger partial charge >= 0.3 is 0 Å². The fourth-order valence-corrected chi connectivity index (χ4v) is 4.65. The third-order valence-electron chi connectivity index (χ3n) is 6.24. The summed E-state index contributed by atoms with van der Waals surface area (Å²) < 4.78 is 0. The number of pyridine rings is 1. The molecule has 1 aliphatic rings. The highest BCUT2D eigenvalue weighted by atomic mass is 16.5. The highest BCUT2D eigenvalue weighted by Gasteiger charge is 2.29. The molecule has 32 heavy (non-hydrogen) atoms. The third kappa shape index (κ3) is 5.05. The second-order valence-electron chi connectivity index (χ2n) is 8.60.